The van der Waals surface area contributed by atoms with Gasteiger partial charge in [-0.05, 0) is 17.7 Å². The molecule has 0 saturated carbocycles. The van der Waals surface area contributed by atoms with Gasteiger partial charge in [-0.25, -0.2) is 0 Å². The molecule has 0 aliphatic carbocycles. The summed E-state index contributed by atoms with van der Waals surface area (Å²) in [5, 5.41) is 0. The second-order valence-electron chi connectivity index (χ2n) is 4.47. The smallest absolute Gasteiger partial charge is 0.242 e. The van der Waals surface area contributed by atoms with Gasteiger partial charge in [0.2, 0.25) is 7.37 Å². The molecule has 1 radical (unpaired) electrons. The molecule has 2 aromatic rings. The topological polar surface area (TPSA) is 26.3 Å². The Labute approximate surface area is 135 Å². The Hall–Kier alpha value is -1.79. The third kappa shape index (κ3) is 10.9. The molecule has 2 aromatic carbocycles. The van der Waals surface area contributed by atoms with E-state index in [1.807, 2.05) is 68.8 Å². The van der Waals surface area contributed by atoms with E-state index in [-0.39, 0.29) is 0 Å². The predicted molar refractivity (Wildman–Crippen MR) is 97.9 cm³/mol. The van der Waals surface area contributed by atoms with Crippen molar-refractivity contribution in [3.8, 4) is 5.75 Å². The van der Waals surface area contributed by atoms with Crippen LogP contribution < -0.4 is 4.52 Å². The zero-order valence-electron chi connectivity index (χ0n) is 13.9. The third-order valence-corrected chi connectivity index (χ3v) is 2.83. The van der Waals surface area contributed by atoms with Gasteiger partial charge < -0.3 is 4.52 Å². The minimum atomic E-state index is -2.39. The Morgan fingerprint density at radius 2 is 1.36 bits per heavy atom. The monoisotopic (exact) mass is 317 g/mol. The average molecular weight is 317 g/mol. The average Bonchev–Trinajstić information content (AvgIpc) is 2.51. The van der Waals surface area contributed by atoms with Crippen LogP contribution in [0.2, 0.25) is 0 Å². The highest BCUT2D eigenvalue weighted by atomic mass is 31.2. The molecule has 0 spiro atoms. The van der Waals surface area contributed by atoms with Gasteiger partial charge in [0.05, 0.1) is 0 Å². The van der Waals surface area contributed by atoms with Crippen LogP contribution in [0.3, 0.4) is 0 Å². The SMILES string of the molecule is C=C[CH]c1ccccc1.CC.CP(C)(=O)Oc1ccccc1. The molecule has 0 saturated heterocycles. The van der Waals surface area contributed by atoms with Gasteiger partial charge >= 0.3 is 0 Å². The first-order chi connectivity index (χ1) is 10.5. The van der Waals surface area contributed by atoms with Crippen molar-refractivity contribution in [2.45, 2.75) is 13.8 Å². The molecule has 0 aromatic heterocycles. The highest BCUT2D eigenvalue weighted by molar-refractivity contribution is 7.57. The number of hydrogen-bond acceptors (Lipinski definition) is 2. The lowest BCUT2D eigenvalue weighted by Gasteiger charge is -2.08. The van der Waals surface area contributed by atoms with E-state index in [1.165, 1.54) is 5.56 Å². The highest BCUT2D eigenvalue weighted by Gasteiger charge is 2.06. The maximum absolute atomic E-state index is 11.2. The van der Waals surface area contributed by atoms with Crippen LogP contribution in [-0.4, -0.2) is 13.3 Å². The van der Waals surface area contributed by atoms with Crippen LogP contribution >= 0.6 is 7.37 Å². The van der Waals surface area contributed by atoms with Crippen LogP contribution in [0.25, 0.3) is 0 Å². The second-order valence-corrected chi connectivity index (χ2v) is 7.16. The van der Waals surface area contributed by atoms with Crippen molar-refractivity contribution in [2.75, 3.05) is 13.3 Å². The molecule has 2 nitrogen and oxygen atoms in total. The fourth-order valence-electron chi connectivity index (χ4n) is 1.44. The minimum absolute atomic E-state index is 0.667. The largest absolute Gasteiger partial charge is 0.443 e. The van der Waals surface area contributed by atoms with E-state index in [0.29, 0.717) is 5.75 Å². The number of para-hydroxylation sites is 1. The van der Waals surface area contributed by atoms with E-state index in [9.17, 15) is 4.57 Å². The van der Waals surface area contributed by atoms with Crippen LogP contribution in [0.1, 0.15) is 19.4 Å². The van der Waals surface area contributed by atoms with Gasteiger partial charge in [0.25, 0.3) is 0 Å². The zero-order valence-corrected chi connectivity index (χ0v) is 14.8. The van der Waals surface area contributed by atoms with Crippen LogP contribution in [-0.2, 0) is 4.57 Å². The van der Waals surface area contributed by atoms with Gasteiger partial charge in [-0.2, -0.15) is 0 Å². The van der Waals surface area contributed by atoms with Gasteiger partial charge in [0, 0.05) is 19.8 Å². The molecule has 3 heteroatoms. The molecule has 2 rings (SSSR count). The lowest BCUT2D eigenvalue weighted by atomic mass is 10.2. The standard InChI is InChI=1S/C9H9.C8H11O2P.C2H6/c1-2-6-9-7-4-3-5-8-9;1-11(2,9)10-8-6-4-3-5-7-8;1-2/h2-8H,1H2;3-7H,1-2H3;1-2H3. The van der Waals surface area contributed by atoms with Crippen molar-refractivity contribution < 1.29 is 9.09 Å². The zero-order chi connectivity index (χ0) is 16.8. The summed E-state index contributed by atoms with van der Waals surface area (Å²) >= 11 is 0. The van der Waals surface area contributed by atoms with Crippen molar-refractivity contribution in [1.82, 2.24) is 0 Å². The lowest BCUT2D eigenvalue weighted by Crippen LogP contribution is -1.87. The third-order valence-electron chi connectivity index (χ3n) is 2.18. The summed E-state index contributed by atoms with van der Waals surface area (Å²) in [6, 6.07) is 19.3. The van der Waals surface area contributed by atoms with E-state index < -0.39 is 7.37 Å². The molecule has 0 aliphatic heterocycles. The van der Waals surface area contributed by atoms with Crippen LogP contribution in [0.5, 0.6) is 5.75 Å². The minimum Gasteiger partial charge on any atom is -0.443 e. The number of benzene rings is 2. The predicted octanol–water partition coefficient (Wildman–Crippen LogP) is 6.05. The van der Waals surface area contributed by atoms with Crippen molar-refractivity contribution in [3.63, 3.8) is 0 Å². The molecular weight excluding hydrogens is 291 g/mol. The normalized spacial score (nSPS) is 9.45. The molecule has 0 fully saturated rings. The van der Waals surface area contributed by atoms with Crippen LogP contribution in [0, 0.1) is 6.42 Å². The van der Waals surface area contributed by atoms with Gasteiger partial charge in [0.1, 0.15) is 5.75 Å². The first-order valence-electron chi connectivity index (χ1n) is 7.32. The molecule has 0 atom stereocenters. The van der Waals surface area contributed by atoms with Gasteiger partial charge in [-0.3, -0.25) is 4.57 Å². The fraction of sp³-hybridized carbons (Fsp3) is 0.211. The molecule has 0 aliphatic rings. The van der Waals surface area contributed by atoms with E-state index in [1.54, 1.807) is 31.5 Å². The van der Waals surface area contributed by atoms with E-state index in [2.05, 4.69) is 6.58 Å². The summed E-state index contributed by atoms with van der Waals surface area (Å²) < 4.78 is 16.3. The van der Waals surface area contributed by atoms with Gasteiger partial charge in [-0.15, -0.1) is 6.58 Å². The van der Waals surface area contributed by atoms with Crippen molar-refractivity contribution >= 4 is 7.37 Å². The maximum Gasteiger partial charge on any atom is 0.242 e. The Morgan fingerprint density at radius 3 is 1.77 bits per heavy atom. The molecule has 0 amide bonds. The summed E-state index contributed by atoms with van der Waals surface area (Å²) in [4.78, 5) is 0. The molecule has 0 bridgehead atoms. The van der Waals surface area contributed by atoms with E-state index in [4.69, 9.17) is 4.52 Å². The molecule has 0 unspecified atom stereocenters. The van der Waals surface area contributed by atoms with E-state index in [0.717, 1.165) is 0 Å². The van der Waals surface area contributed by atoms with Crippen molar-refractivity contribution in [2.24, 2.45) is 0 Å². The van der Waals surface area contributed by atoms with Crippen LogP contribution in [0.15, 0.2) is 73.3 Å². The maximum atomic E-state index is 11.2. The van der Waals surface area contributed by atoms with E-state index >= 15 is 0 Å². The fourth-order valence-corrected chi connectivity index (χ4v) is 2.06. The summed E-state index contributed by atoms with van der Waals surface area (Å²) in [7, 11) is -2.39. The molecular formula is C19H26O2P. The van der Waals surface area contributed by atoms with Gasteiger partial charge in [-0.1, -0.05) is 68.5 Å². The highest BCUT2D eigenvalue weighted by Crippen LogP contribution is 2.38. The molecule has 0 N–H and O–H groups in total. The Balaban J connectivity index is 0.000000366. The second kappa shape index (κ2) is 11.8. The summed E-state index contributed by atoms with van der Waals surface area (Å²) in [5.41, 5.74) is 1.20. The Bertz CT molecular complexity index is 544. The summed E-state index contributed by atoms with van der Waals surface area (Å²) in [6.07, 6.45) is 3.76. The van der Waals surface area contributed by atoms with Crippen LogP contribution in [0.4, 0.5) is 0 Å². The number of hydrogen-bond donors (Lipinski definition) is 0. The summed E-state index contributed by atoms with van der Waals surface area (Å²) in [5.74, 6) is 0.667. The lowest BCUT2D eigenvalue weighted by molar-refractivity contribution is 0.494. The molecule has 119 valence electrons. The first kappa shape index (κ1) is 20.2. The molecule has 22 heavy (non-hydrogen) atoms. The Kier molecular flexibility index (Phi) is 10.9. The quantitative estimate of drug-likeness (QED) is 0.641. The summed E-state index contributed by atoms with van der Waals surface area (Å²) in [6.45, 7) is 10.8. The first-order valence-corrected chi connectivity index (χ1v) is 9.83. The number of allylic oxidation sites excluding steroid dienone is 1. The molecule has 0 heterocycles. The van der Waals surface area contributed by atoms with Crippen molar-refractivity contribution in [3.05, 3.63) is 85.3 Å². The Morgan fingerprint density at radius 1 is 0.909 bits per heavy atom. The number of rotatable bonds is 4. The van der Waals surface area contributed by atoms with Crippen molar-refractivity contribution in [1.29, 1.82) is 0 Å². The van der Waals surface area contributed by atoms with Gasteiger partial charge in [0.15, 0.2) is 0 Å².